The molecule has 8 rings (SSSR count). The maximum atomic E-state index is 13.6. The van der Waals surface area contributed by atoms with Gasteiger partial charge < -0.3 is 29.2 Å². The monoisotopic (exact) mass is 896 g/mol. The van der Waals surface area contributed by atoms with Crippen LogP contribution in [0.3, 0.4) is 0 Å². The third-order valence-corrected chi connectivity index (χ3v) is 13.9. The first-order valence-corrected chi connectivity index (χ1v) is 22.0. The number of imide groups is 2. The summed E-state index contributed by atoms with van der Waals surface area (Å²) in [5, 5.41) is 14.7. The van der Waals surface area contributed by atoms with E-state index in [2.05, 4.69) is 44.2 Å². The van der Waals surface area contributed by atoms with Gasteiger partial charge in [0.15, 0.2) is 0 Å². The molecule has 17 nitrogen and oxygen atoms in total. The van der Waals surface area contributed by atoms with Crippen molar-refractivity contribution in [2.45, 2.75) is 116 Å². The third-order valence-electron chi connectivity index (χ3n) is 13.9. The van der Waals surface area contributed by atoms with Crippen molar-refractivity contribution in [3.63, 3.8) is 0 Å². The van der Waals surface area contributed by atoms with Crippen molar-refractivity contribution < 1.29 is 51.1 Å². The lowest BCUT2D eigenvalue weighted by Crippen LogP contribution is -2.74. The highest BCUT2D eigenvalue weighted by Crippen LogP contribution is 2.55. The number of ether oxygens (including phenoxy) is 4. The molecule has 2 N–H and O–H groups in total. The van der Waals surface area contributed by atoms with Crippen LogP contribution in [0.2, 0.25) is 0 Å². The summed E-state index contributed by atoms with van der Waals surface area (Å²) >= 11 is 0. The Labute approximate surface area is 387 Å². The summed E-state index contributed by atoms with van der Waals surface area (Å²) in [6.07, 6.45) is 5.50. The highest BCUT2D eigenvalue weighted by Gasteiger charge is 2.64. The van der Waals surface area contributed by atoms with Crippen LogP contribution in [0.15, 0.2) is 42.7 Å². The fourth-order valence-corrected chi connectivity index (χ4v) is 10.7. The van der Waals surface area contributed by atoms with Crippen molar-refractivity contribution in [1.82, 2.24) is 30.4 Å². The van der Waals surface area contributed by atoms with E-state index < -0.39 is 60.7 Å². The smallest absolute Gasteiger partial charge is 0.271 e. The van der Waals surface area contributed by atoms with Crippen molar-refractivity contribution in [3.05, 3.63) is 65.1 Å². The minimum Gasteiger partial charge on any atom is -0.496 e. The molecule has 0 spiro atoms. The number of methoxy groups -OCH3 is 2. The lowest BCUT2D eigenvalue weighted by atomic mass is 9.49. The molecule has 0 unspecified atom stereocenters. The number of benzene rings is 2. The highest BCUT2D eigenvalue weighted by molar-refractivity contribution is 6.24. The maximum Gasteiger partial charge on any atom is 0.271 e. The van der Waals surface area contributed by atoms with Gasteiger partial charge in [0.2, 0.25) is 11.8 Å². The highest BCUT2D eigenvalue weighted by atomic mass is 16.5. The third kappa shape index (κ3) is 8.44. The van der Waals surface area contributed by atoms with Crippen LogP contribution in [0.25, 0.3) is 0 Å². The molecule has 1 atom stereocenters. The van der Waals surface area contributed by atoms with Crippen LogP contribution in [-0.2, 0) is 9.59 Å². The molecule has 17 heteroatoms. The molecule has 4 heterocycles. The van der Waals surface area contributed by atoms with E-state index in [9.17, 15) is 29.2 Å². The number of carbonyl (C=O) groups is 5. The van der Waals surface area contributed by atoms with Crippen molar-refractivity contribution in [1.29, 1.82) is 5.26 Å². The lowest BCUT2D eigenvalue weighted by molar-refractivity contribution is -0.164. The average Bonchev–Trinajstić information content (AvgIpc) is 3.52. The Bertz CT molecular complexity index is 2620. The zero-order valence-corrected chi connectivity index (χ0v) is 37.3. The van der Waals surface area contributed by atoms with Crippen molar-refractivity contribution in [3.8, 4) is 29.1 Å². The number of hydrogen-bond acceptors (Lipinski definition) is 14. The van der Waals surface area contributed by atoms with Gasteiger partial charge in [0.05, 0.1) is 51.4 Å². The second-order valence-electron chi connectivity index (χ2n) is 19.2. The second-order valence-corrected chi connectivity index (χ2v) is 19.2. The van der Waals surface area contributed by atoms with Gasteiger partial charge in [-0.1, -0.05) is 27.7 Å². The summed E-state index contributed by atoms with van der Waals surface area (Å²) in [5.41, 5.74) is -1.28. The number of rotatable bonds is 14. The summed E-state index contributed by atoms with van der Waals surface area (Å²) < 4.78 is 68.5. The Kier molecular flexibility index (Phi) is 10.3. The molecule has 2 aromatic carbocycles. The number of piperidine rings is 2. The number of aromatic nitrogens is 2. The van der Waals surface area contributed by atoms with Gasteiger partial charge in [-0.05, 0) is 57.2 Å². The van der Waals surface area contributed by atoms with E-state index in [0.717, 1.165) is 37.4 Å². The summed E-state index contributed by atoms with van der Waals surface area (Å²) in [7, 11) is -5.70. The van der Waals surface area contributed by atoms with Gasteiger partial charge in [0.25, 0.3) is 17.7 Å². The number of hydrogen-bond donors (Lipinski definition) is 2. The summed E-state index contributed by atoms with van der Waals surface area (Å²) in [6, 6.07) is 7.93. The summed E-state index contributed by atoms with van der Waals surface area (Å²) in [6.45, 7) is 14.6. The Morgan fingerprint density at radius 2 is 1.66 bits per heavy atom. The number of nitriles is 1. The summed E-state index contributed by atoms with van der Waals surface area (Å²) in [5.74, 6) is -2.24. The maximum absolute atomic E-state index is 13.6. The largest absolute Gasteiger partial charge is 0.496 e. The lowest BCUT2D eigenvalue weighted by Gasteiger charge is -2.63. The Hall–Kier alpha value is -6.28. The minimum atomic E-state index is -2.95. The van der Waals surface area contributed by atoms with Gasteiger partial charge in [-0.25, -0.2) is 9.97 Å². The number of fused-ring (bicyclic) bond motifs is 1. The van der Waals surface area contributed by atoms with Crippen LogP contribution in [0.5, 0.6) is 23.0 Å². The molecule has 65 heavy (non-hydrogen) atoms. The van der Waals surface area contributed by atoms with Gasteiger partial charge in [-0.2, -0.15) is 5.26 Å². The predicted molar refractivity (Wildman–Crippen MR) is 237 cm³/mol. The number of nitrogens with one attached hydrogen (secondary N) is 2. The predicted octanol–water partition coefficient (Wildman–Crippen LogP) is 4.92. The van der Waals surface area contributed by atoms with Crippen LogP contribution in [0.4, 0.5) is 5.82 Å². The molecule has 3 aromatic rings. The van der Waals surface area contributed by atoms with Gasteiger partial charge in [0.1, 0.15) is 58.8 Å². The molecule has 2 saturated carbocycles. The number of anilines is 1. The quantitative estimate of drug-likeness (QED) is 0.206. The zero-order valence-electron chi connectivity index (χ0n) is 43.3. The normalized spacial score (nSPS) is 26.5. The molecule has 0 bridgehead atoms. The molecule has 0 radical (unpaired) electrons. The standard InChI is InChI=1S/C48H58N8O9/c1-26(2)55(29-17-31(18-29)64-32-19-33-40(37(21-32)63-8)44(61)56(43(33)60)35-11-12-39(57)52-42(35)59)25-27-13-15-54(16-14-27)38-24-50-34(23-51-38)41(58)53-45-47(3,4)46(48(45,5)6)65-30-10-9-28(22-49)36(20-30)62-7/h9-10,19-21,23-24,26-27,29,31,35,45-46H,11-18,25H2,1-8H3,(H,53,58)(H,52,57,59)/t29?,31?,35-,45?,46?/m1/s1/i7D3,8D3. The minimum absolute atomic E-state index is 0.0574. The van der Waals surface area contributed by atoms with Crippen molar-refractivity contribution >= 4 is 35.4 Å². The fourth-order valence-electron chi connectivity index (χ4n) is 10.7. The molecule has 3 aliphatic heterocycles. The first-order valence-electron chi connectivity index (χ1n) is 25.0. The summed E-state index contributed by atoms with van der Waals surface area (Å²) in [4.78, 5) is 79.7. The van der Waals surface area contributed by atoms with Crippen LogP contribution in [0.1, 0.15) is 125 Å². The van der Waals surface area contributed by atoms with Crippen LogP contribution < -0.4 is 34.5 Å². The molecule has 5 aliphatic rings. The molecule has 2 aliphatic carbocycles. The topological polar surface area (TPSA) is 206 Å². The number of nitrogens with zero attached hydrogens (tertiary/aromatic N) is 6. The van der Waals surface area contributed by atoms with E-state index in [0.29, 0.717) is 30.3 Å². The first-order chi connectivity index (χ1) is 33.2. The zero-order chi connectivity index (χ0) is 51.5. The van der Waals surface area contributed by atoms with E-state index in [-0.39, 0.29) is 82.6 Å². The van der Waals surface area contributed by atoms with E-state index in [1.165, 1.54) is 30.5 Å². The van der Waals surface area contributed by atoms with E-state index in [1.54, 1.807) is 12.3 Å². The SMILES string of the molecule is [2H]C([2H])([2H])Oc1cc(OC2C(C)(C)C(NC(=O)c3cnc(N4CCC(CN(C(C)C)C5CC(Oc6cc(OC([2H])([2H])[2H])c7c(c6)C(=O)N([C@@H]6CCC(=O)NC6=O)C7=O)C5)CC4)cn3)C2(C)C)ccc1C#N. The van der Waals surface area contributed by atoms with Crippen molar-refractivity contribution in [2.75, 3.05) is 38.6 Å². The molecule has 1 aromatic heterocycles. The molecular weight excluding hydrogens is 833 g/mol. The van der Waals surface area contributed by atoms with E-state index in [4.69, 9.17) is 27.2 Å². The van der Waals surface area contributed by atoms with Crippen LogP contribution >= 0.6 is 0 Å². The molecular formula is C48H58N8O9. The van der Waals surface area contributed by atoms with Crippen molar-refractivity contribution in [2.24, 2.45) is 16.7 Å². The molecule has 2 saturated heterocycles. The Balaban J connectivity index is 0.827. The second kappa shape index (κ2) is 17.6. The molecule has 344 valence electrons. The number of carbonyl (C=O) groups excluding carboxylic acids is 5. The Morgan fingerprint density at radius 3 is 2.31 bits per heavy atom. The van der Waals surface area contributed by atoms with E-state index >= 15 is 0 Å². The van der Waals surface area contributed by atoms with E-state index in [1.807, 2.05) is 33.8 Å². The van der Waals surface area contributed by atoms with Gasteiger partial charge in [-0.3, -0.25) is 39.1 Å². The fraction of sp³-hybridized carbons (Fsp3) is 0.542. The van der Waals surface area contributed by atoms with Gasteiger partial charge >= 0.3 is 0 Å². The Morgan fingerprint density at radius 1 is 0.954 bits per heavy atom. The van der Waals surface area contributed by atoms with Crippen LogP contribution in [0, 0.1) is 28.1 Å². The van der Waals surface area contributed by atoms with Crippen LogP contribution in [-0.4, -0.2) is 119 Å². The first kappa shape index (κ1) is 38.0. The van der Waals surface area contributed by atoms with Gasteiger partial charge in [-0.15, -0.1) is 0 Å². The van der Waals surface area contributed by atoms with Gasteiger partial charge in [0, 0.05) is 80.0 Å². The average molecular weight is 897 g/mol. The molecule has 5 amide bonds. The molecule has 4 fully saturated rings. The number of amides is 5.